The Kier molecular flexibility index (Phi) is 3.86. The summed E-state index contributed by atoms with van der Waals surface area (Å²) in [5, 5.41) is 11.1. The lowest BCUT2D eigenvalue weighted by Gasteiger charge is -2.26. The molecule has 1 aromatic heterocycles. The van der Waals surface area contributed by atoms with E-state index in [2.05, 4.69) is 26.5 Å². The molecule has 1 fully saturated rings. The molecule has 0 bridgehead atoms. The van der Waals surface area contributed by atoms with Gasteiger partial charge in [0.05, 0.1) is 0 Å². The Hall–Kier alpha value is -0.550. The van der Waals surface area contributed by atoms with Crippen LogP contribution in [0.2, 0.25) is 0 Å². The normalized spacial score (nSPS) is 19.1. The Morgan fingerprint density at radius 3 is 2.69 bits per heavy atom. The Morgan fingerprint density at radius 1 is 1.38 bits per heavy atom. The van der Waals surface area contributed by atoms with Crippen LogP contribution in [0.15, 0.2) is 4.63 Å². The van der Waals surface area contributed by atoms with Gasteiger partial charge in [-0.1, -0.05) is 23.2 Å². The van der Waals surface area contributed by atoms with E-state index in [1.807, 2.05) is 18.7 Å². The van der Waals surface area contributed by atoms with Crippen molar-refractivity contribution in [3.05, 3.63) is 11.4 Å². The van der Waals surface area contributed by atoms with Gasteiger partial charge in [-0.15, -0.1) is 0 Å². The predicted octanol–water partition coefficient (Wildman–Crippen LogP) is 2.14. The number of hydrogen-bond donors (Lipinski definition) is 1. The van der Waals surface area contributed by atoms with Crippen molar-refractivity contribution in [2.45, 2.75) is 43.9 Å². The van der Waals surface area contributed by atoms with Crippen molar-refractivity contribution in [3.63, 3.8) is 0 Å². The molecule has 1 heterocycles. The van der Waals surface area contributed by atoms with Crippen LogP contribution in [-0.2, 0) is 6.54 Å². The van der Waals surface area contributed by atoms with Crippen LogP contribution in [0.25, 0.3) is 0 Å². The second-order valence-corrected chi connectivity index (χ2v) is 5.77. The summed E-state index contributed by atoms with van der Waals surface area (Å²) >= 11 is 2.00. The first-order chi connectivity index (χ1) is 7.76. The number of nitrogens with one attached hydrogen (secondary N) is 1. The van der Waals surface area contributed by atoms with E-state index < -0.39 is 0 Å². The Labute approximate surface area is 101 Å². The average molecular weight is 241 g/mol. The van der Waals surface area contributed by atoms with Crippen molar-refractivity contribution in [3.8, 4) is 0 Å². The molecule has 1 saturated carbocycles. The molecule has 1 N–H and O–H groups in total. The summed E-state index contributed by atoms with van der Waals surface area (Å²) in [6, 6.07) is 0. The van der Waals surface area contributed by atoms with Gasteiger partial charge in [0.2, 0.25) is 0 Å². The number of aromatic nitrogens is 2. The minimum absolute atomic E-state index is 0.449. The van der Waals surface area contributed by atoms with Gasteiger partial charge in [0.1, 0.15) is 11.4 Å². The summed E-state index contributed by atoms with van der Waals surface area (Å²) in [7, 11) is 0. The largest absolute Gasteiger partial charge is 0.310 e. The van der Waals surface area contributed by atoms with E-state index >= 15 is 0 Å². The SMILES string of the molecule is CSC1(CNCc2nonc2C)CCCC1. The van der Waals surface area contributed by atoms with E-state index in [-0.39, 0.29) is 0 Å². The molecule has 0 unspecified atom stereocenters. The fraction of sp³-hybridized carbons (Fsp3) is 0.818. The first-order valence-electron chi connectivity index (χ1n) is 5.80. The summed E-state index contributed by atoms with van der Waals surface area (Å²) in [5.74, 6) is 0. The maximum Gasteiger partial charge on any atom is 0.121 e. The number of nitrogens with zero attached hydrogens (tertiary/aromatic N) is 2. The summed E-state index contributed by atoms with van der Waals surface area (Å²) in [5.41, 5.74) is 1.81. The van der Waals surface area contributed by atoms with E-state index in [1.54, 1.807) is 0 Å². The molecule has 1 aromatic rings. The molecule has 2 rings (SSSR count). The third-order valence-corrected chi connectivity index (χ3v) is 4.85. The molecule has 1 aliphatic rings. The molecule has 1 aliphatic carbocycles. The minimum atomic E-state index is 0.449. The molecule has 90 valence electrons. The highest BCUT2D eigenvalue weighted by molar-refractivity contribution is 8.00. The molecule has 0 radical (unpaired) electrons. The van der Waals surface area contributed by atoms with E-state index in [0.717, 1.165) is 24.5 Å². The number of aryl methyl sites for hydroxylation is 1. The average Bonchev–Trinajstić information content (AvgIpc) is 2.90. The van der Waals surface area contributed by atoms with Crippen molar-refractivity contribution >= 4 is 11.8 Å². The standard InChI is InChI=1S/C11H19N3OS/c1-9-10(14-15-13-9)7-12-8-11(16-2)5-3-4-6-11/h12H,3-8H2,1-2H3. The van der Waals surface area contributed by atoms with E-state index in [0.29, 0.717) is 4.75 Å². The molecule has 0 aromatic carbocycles. The molecule has 16 heavy (non-hydrogen) atoms. The van der Waals surface area contributed by atoms with Crippen molar-refractivity contribution in [2.75, 3.05) is 12.8 Å². The van der Waals surface area contributed by atoms with Crippen LogP contribution in [0, 0.1) is 6.92 Å². The second kappa shape index (κ2) is 5.19. The lowest BCUT2D eigenvalue weighted by atomic mass is 10.1. The zero-order chi connectivity index (χ0) is 11.4. The van der Waals surface area contributed by atoms with E-state index in [4.69, 9.17) is 0 Å². The van der Waals surface area contributed by atoms with Crippen LogP contribution in [0.4, 0.5) is 0 Å². The quantitative estimate of drug-likeness (QED) is 0.856. The van der Waals surface area contributed by atoms with Gasteiger partial charge in [0.25, 0.3) is 0 Å². The summed E-state index contributed by atoms with van der Waals surface area (Å²) in [6.07, 6.45) is 7.62. The maximum atomic E-state index is 4.67. The van der Waals surface area contributed by atoms with Crippen molar-refractivity contribution in [1.29, 1.82) is 0 Å². The Balaban J connectivity index is 1.81. The van der Waals surface area contributed by atoms with Gasteiger partial charge in [-0.2, -0.15) is 11.8 Å². The van der Waals surface area contributed by atoms with Crippen LogP contribution in [0.3, 0.4) is 0 Å². The molecule has 5 heteroatoms. The molecule has 0 amide bonds. The van der Waals surface area contributed by atoms with Crippen LogP contribution in [-0.4, -0.2) is 27.9 Å². The Morgan fingerprint density at radius 2 is 2.12 bits per heavy atom. The second-order valence-electron chi connectivity index (χ2n) is 4.49. The fourth-order valence-corrected chi connectivity index (χ4v) is 3.23. The van der Waals surface area contributed by atoms with Gasteiger partial charge >= 0.3 is 0 Å². The highest BCUT2D eigenvalue weighted by Gasteiger charge is 2.32. The lowest BCUT2D eigenvalue weighted by Crippen LogP contribution is -2.34. The molecular formula is C11H19N3OS. The van der Waals surface area contributed by atoms with Crippen molar-refractivity contribution < 1.29 is 4.63 Å². The van der Waals surface area contributed by atoms with Gasteiger partial charge in [0, 0.05) is 17.8 Å². The molecule has 0 aliphatic heterocycles. The molecule has 0 atom stereocenters. The van der Waals surface area contributed by atoms with Crippen LogP contribution in [0.5, 0.6) is 0 Å². The highest BCUT2D eigenvalue weighted by Crippen LogP contribution is 2.39. The van der Waals surface area contributed by atoms with Gasteiger partial charge in [-0.25, -0.2) is 4.63 Å². The molecule has 0 spiro atoms. The zero-order valence-corrected chi connectivity index (χ0v) is 10.8. The third-order valence-electron chi connectivity index (χ3n) is 3.43. The van der Waals surface area contributed by atoms with Crippen molar-refractivity contribution in [2.24, 2.45) is 0 Å². The number of hydrogen-bond acceptors (Lipinski definition) is 5. The van der Waals surface area contributed by atoms with Gasteiger partial charge in [0.15, 0.2) is 0 Å². The first kappa shape index (κ1) is 11.9. The molecule has 4 nitrogen and oxygen atoms in total. The summed E-state index contributed by atoms with van der Waals surface area (Å²) in [4.78, 5) is 0. The number of rotatable bonds is 5. The smallest absolute Gasteiger partial charge is 0.121 e. The fourth-order valence-electron chi connectivity index (χ4n) is 2.29. The van der Waals surface area contributed by atoms with Crippen LogP contribution >= 0.6 is 11.8 Å². The highest BCUT2D eigenvalue weighted by atomic mass is 32.2. The summed E-state index contributed by atoms with van der Waals surface area (Å²) < 4.78 is 5.12. The van der Waals surface area contributed by atoms with E-state index in [9.17, 15) is 0 Å². The van der Waals surface area contributed by atoms with Crippen molar-refractivity contribution in [1.82, 2.24) is 15.6 Å². The minimum Gasteiger partial charge on any atom is -0.310 e. The summed E-state index contributed by atoms with van der Waals surface area (Å²) in [6.45, 7) is 3.74. The van der Waals surface area contributed by atoms with Crippen LogP contribution in [0.1, 0.15) is 37.1 Å². The zero-order valence-electron chi connectivity index (χ0n) is 9.95. The van der Waals surface area contributed by atoms with Crippen LogP contribution < -0.4 is 5.32 Å². The topological polar surface area (TPSA) is 51.0 Å². The third kappa shape index (κ3) is 2.58. The van der Waals surface area contributed by atoms with E-state index in [1.165, 1.54) is 25.7 Å². The Bertz CT molecular complexity index is 334. The molecule has 0 saturated heterocycles. The first-order valence-corrected chi connectivity index (χ1v) is 7.02. The van der Waals surface area contributed by atoms with Gasteiger partial charge in [-0.05, 0) is 26.0 Å². The number of thioether (sulfide) groups is 1. The van der Waals surface area contributed by atoms with Gasteiger partial charge in [-0.3, -0.25) is 0 Å². The lowest BCUT2D eigenvalue weighted by molar-refractivity contribution is 0.300. The predicted molar refractivity (Wildman–Crippen MR) is 65.5 cm³/mol. The maximum absolute atomic E-state index is 4.67. The monoisotopic (exact) mass is 241 g/mol. The molecular weight excluding hydrogens is 222 g/mol. The van der Waals surface area contributed by atoms with Gasteiger partial charge < -0.3 is 5.32 Å².